The molecule has 2 heterocycles. The second-order valence-corrected chi connectivity index (χ2v) is 5.15. The molecule has 5 heteroatoms. The molecule has 0 atom stereocenters. The predicted molar refractivity (Wildman–Crippen MR) is 85.0 cm³/mol. The molecule has 0 bridgehead atoms. The fraction of sp³-hybridized carbons (Fsp3) is 0.118. The van der Waals surface area contributed by atoms with Crippen molar-refractivity contribution in [1.29, 1.82) is 0 Å². The van der Waals surface area contributed by atoms with Crippen molar-refractivity contribution in [2.24, 2.45) is 0 Å². The number of hydrogen-bond donors (Lipinski definition) is 0. The molecule has 0 saturated heterocycles. The highest BCUT2D eigenvalue weighted by atomic mass is 16.5. The van der Waals surface area contributed by atoms with Crippen molar-refractivity contribution in [2.75, 3.05) is 7.11 Å². The van der Waals surface area contributed by atoms with E-state index in [1.54, 1.807) is 18.0 Å². The van der Waals surface area contributed by atoms with Gasteiger partial charge in [-0.25, -0.2) is 14.5 Å². The Bertz CT molecular complexity index is 990. The number of hydrogen-bond acceptors (Lipinski definition) is 4. The summed E-state index contributed by atoms with van der Waals surface area (Å²) in [6, 6.07) is 13.9. The molecular formula is C17H14N4O. The molecule has 0 amide bonds. The highest BCUT2D eigenvalue weighted by molar-refractivity contribution is 5.91. The minimum atomic E-state index is 0.684. The molecule has 0 aliphatic heterocycles. The third kappa shape index (κ3) is 1.90. The van der Waals surface area contributed by atoms with Crippen molar-refractivity contribution in [3.63, 3.8) is 0 Å². The van der Waals surface area contributed by atoms with Crippen LogP contribution in [0.5, 0.6) is 5.75 Å². The molecule has 0 radical (unpaired) electrons. The number of benzene rings is 2. The SMILES string of the molecule is COc1ccc(-c2nc3c4ccccc4ncn3n2)cc1C. The van der Waals surface area contributed by atoms with E-state index < -0.39 is 0 Å². The number of methoxy groups -OCH3 is 1. The fourth-order valence-corrected chi connectivity index (χ4v) is 2.62. The first-order valence-electron chi connectivity index (χ1n) is 7.01. The molecule has 0 fully saturated rings. The van der Waals surface area contributed by atoms with Crippen LogP contribution in [0.3, 0.4) is 0 Å². The molecule has 4 aromatic rings. The zero-order valence-corrected chi connectivity index (χ0v) is 12.3. The van der Waals surface area contributed by atoms with Crippen molar-refractivity contribution >= 4 is 16.6 Å². The van der Waals surface area contributed by atoms with Crippen LogP contribution in [-0.4, -0.2) is 26.7 Å². The van der Waals surface area contributed by atoms with Gasteiger partial charge in [-0.2, -0.15) is 0 Å². The molecule has 5 nitrogen and oxygen atoms in total. The number of aromatic nitrogens is 4. The number of aryl methyl sites for hydroxylation is 1. The first-order valence-corrected chi connectivity index (χ1v) is 7.01. The highest BCUT2D eigenvalue weighted by Crippen LogP contribution is 2.25. The Hall–Kier alpha value is -2.95. The first kappa shape index (κ1) is 12.8. The zero-order chi connectivity index (χ0) is 15.1. The van der Waals surface area contributed by atoms with E-state index >= 15 is 0 Å². The minimum Gasteiger partial charge on any atom is -0.496 e. The largest absolute Gasteiger partial charge is 0.496 e. The van der Waals surface area contributed by atoms with Crippen LogP contribution in [0.4, 0.5) is 0 Å². The normalized spacial score (nSPS) is 11.2. The van der Waals surface area contributed by atoms with E-state index in [0.717, 1.165) is 33.4 Å². The van der Waals surface area contributed by atoms with Gasteiger partial charge >= 0.3 is 0 Å². The van der Waals surface area contributed by atoms with E-state index in [2.05, 4.69) is 15.1 Å². The van der Waals surface area contributed by atoms with Gasteiger partial charge in [0.1, 0.15) is 12.1 Å². The second-order valence-electron chi connectivity index (χ2n) is 5.15. The van der Waals surface area contributed by atoms with Gasteiger partial charge < -0.3 is 4.74 Å². The van der Waals surface area contributed by atoms with Crippen LogP contribution in [0.25, 0.3) is 27.9 Å². The summed E-state index contributed by atoms with van der Waals surface area (Å²) in [5.41, 5.74) is 3.75. The van der Waals surface area contributed by atoms with E-state index in [-0.39, 0.29) is 0 Å². The molecule has 4 rings (SSSR count). The smallest absolute Gasteiger partial charge is 0.182 e. The third-order valence-electron chi connectivity index (χ3n) is 3.74. The average Bonchev–Trinajstić information content (AvgIpc) is 2.99. The topological polar surface area (TPSA) is 52.3 Å². The van der Waals surface area contributed by atoms with Gasteiger partial charge in [-0.3, -0.25) is 0 Å². The lowest BCUT2D eigenvalue weighted by atomic mass is 10.1. The van der Waals surface area contributed by atoms with Crippen molar-refractivity contribution < 1.29 is 4.74 Å². The van der Waals surface area contributed by atoms with E-state index in [0.29, 0.717) is 5.82 Å². The monoisotopic (exact) mass is 290 g/mol. The van der Waals surface area contributed by atoms with Crippen LogP contribution in [-0.2, 0) is 0 Å². The number of rotatable bonds is 2. The summed E-state index contributed by atoms with van der Waals surface area (Å²) in [6.45, 7) is 2.01. The average molecular weight is 290 g/mol. The maximum Gasteiger partial charge on any atom is 0.182 e. The van der Waals surface area contributed by atoms with Gasteiger partial charge in [-0.1, -0.05) is 12.1 Å². The van der Waals surface area contributed by atoms with Crippen LogP contribution in [0.1, 0.15) is 5.56 Å². The van der Waals surface area contributed by atoms with Gasteiger partial charge in [0.05, 0.1) is 12.6 Å². The summed E-state index contributed by atoms with van der Waals surface area (Å²) in [4.78, 5) is 9.08. The Kier molecular flexibility index (Phi) is 2.79. The Labute approximate surface area is 127 Å². The molecular weight excluding hydrogens is 276 g/mol. The molecule has 0 unspecified atom stereocenters. The molecule has 2 aromatic carbocycles. The highest BCUT2D eigenvalue weighted by Gasteiger charge is 2.11. The lowest BCUT2D eigenvalue weighted by molar-refractivity contribution is 0.412. The number of nitrogens with zero attached hydrogens (tertiary/aromatic N) is 4. The second kappa shape index (κ2) is 4.80. The van der Waals surface area contributed by atoms with Crippen molar-refractivity contribution in [3.05, 3.63) is 54.4 Å². The minimum absolute atomic E-state index is 0.684. The van der Waals surface area contributed by atoms with Gasteiger partial charge in [-0.15, -0.1) is 5.10 Å². The summed E-state index contributed by atoms with van der Waals surface area (Å²) < 4.78 is 7.02. The Morgan fingerprint density at radius 2 is 1.95 bits per heavy atom. The van der Waals surface area contributed by atoms with Gasteiger partial charge in [0.25, 0.3) is 0 Å². The number of ether oxygens (including phenoxy) is 1. The molecule has 22 heavy (non-hydrogen) atoms. The number of fused-ring (bicyclic) bond motifs is 3. The summed E-state index contributed by atoms with van der Waals surface area (Å²) in [5, 5.41) is 5.53. The van der Waals surface area contributed by atoms with Crippen LogP contribution >= 0.6 is 0 Å². The molecule has 0 aliphatic rings. The maximum absolute atomic E-state index is 5.30. The standard InChI is InChI=1S/C17H14N4O/c1-11-9-12(7-8-15(11)22-2)16-19-17-13-5-3-4-6-14(13)18-10-21(17)20-16/h3-10H,1-2H3. The van der Waals surface area contributed by atoms with E-state index in [4.69, 9.17) is 4.74 Å². The van der Waals surface area contributed by atoms with Crippen molar-refractivity contribution in [2.45, 2.75) is 6.92 Å². The Morgan fingerprint density at radius 1 is 1.09 bits per heavy atom. The number of para-hydroxylation sites is 1. The Balaban J connectivity index is 1.92. The van der Waals surface area contributed by atoms with E-state index in [9.17, 15) is 0 Å². The van der Waals surface area contributed by atoms with Crippen LogP contribution in [0, 0.1) is 6.92 Å². The summed E-state index contributed by atoms with van der Waals surface area (Å²) in [7, 11) is 1.67. The summed E-state index contributed by atoms with van der Waals surface area (Å²) in [5.74, 6) is 1.54. The van der Waals surface area contributed by atoms with Crippen LogP contribution in [0.2, 0.25) is 0 Å². The lowest BCUT2D eigenvalue weighted by Crippen LogP contribution is -1.91. The molecule has 0 N–H and O–H groups in total. The predicted octanol–water partition coefficient (Wildman–Crippen LogP) is 3.26. The van der Waals surface area contributed by atoms with Gasteiger partial charge in [0.2, 0.25) is 0 Å². The quantitative estimate of drug-likeness (QED) is 0.568. The molecule has 2 aromatic heterocycles. The van der Waals surface area contributed by atoms with Crippen molar-refractivity contribution in [1.82, 2.24) is 19.6 Å². The van der Waals surface area contributed by atoms with E-state index in [1.807, 2.05) is 49.4 Å². The third-order valence-corrected chi connectivity index (χ3v) is 3.74. The van der Waals surface area contributed by atoms with Gasteiger partial charge in [0.15, 0.2) is 11.5 Å². The molecule has 108 valence electrons. The lowest BCUT2D eigenvalue weighted by Gasteiger charge is -2.04. The Morgan fingerprint density at radius 3 is 2.77 bits per heavy atom. The van der Waals surface area contributed by atoms with Gasteiger partial charge in [0, 0.05) is 10.9 Å². The molecule has 0 aliphatic carbocycles. The first-order chi connectivity index (χ1) is 10.8. The summed E-state index contributed by atoms with van der Waals surface area (Å²) >= 11 is 0. The van der Waals surface area contributed by atoms with Crippen LogP contribution in [0.15, 0.2) is 48.8 Å². The maximum atomic E-state index is 5.30. The van der Waals surface area contributed by atoms with Gasteiger partial charge in [-0.05, 0) is 42.8 Å². The van der Waals surface area contributed by atoms with E-state index in [1.165, 1.54) is 0 Å². The van der Waals surface area contributed by atoms with Crippen molar-refractivity contribution in [3.8, 4) is 17.1 Å². The summed E-state index contributed by atoms with van der Waals surface area (Å²) in [6.07, 6.45) is 1.70. The zero-order valence-electron chi connectivity index (χ0n) is 12.3. The van der Waals surface area contributed by atoms with Crippen LogP contribution < -0.4 is 4.74 Å². The molecule has 0 saturated carbocycles. The fourth-order valence-electron chi connectivity index (χ4n) is 2.62. The molecule has 0 spiro atoms.